The van der Waals surface area contributed by atoms with E-state index in [0.29, 0.717) is 22.2 Å². The maximum Gasteiger partial charge on any atom is 0.323 e. The quantitative estimate of drug-likeness (QED) is 0.523. The molecule has 0 atom stereocenters. The number of amides is 3. The summed E-state index contributed by atoms with van der Waals surface area (Å²) < 4.78 is 5.76. The summed E-state index contributed by atoms with van der Waals surface area (Å²) in [6, 6.07) is 13.7. The number of urea groups is 1. The lowest BCUT2D eigenvalue weighted by atomic mass is 10.1. The molecule has 3 aromatic rings. The van der Waals surface area contributed by atoms with Crippen LogP contribution in [-0.2, 0) is 12.8 Å². The largest absolute Gasteiger partial charge is 0.456 e. The van der Waals surface area contributed by atoms with Gasteiger partial charge in [0.15, 0.2) is 0 Å². The number of nitrogens with zero attached hydrogens (tertiary/aromatic N) is 1. The number of aryl methyl sites for hydroxylation is 2. The van der Waals surface area contributed by atoms with E-state index < -0.39 is 0 Å². The van der Waals surface area contributed by atoms with Crippen molar-refractivity contribution in [3.8, 4) is 11.5 Å². The van der Waals surface area contributed by atoms with Crippen molar-refractivity contribution in [2.45, 2.75) is 19.3 Å². The number of carbonyl (C=O) groups excluding carboxylic acids is 2. The average Bonchev–Trinajstić information content (AvgIpc) is 3.23. The van der Waals surface area contributed by atoms with Gasteiger partial charge in [0, 0.05) is 30.7 Å². The van der Waals surface area contributed by atoms with Crippen LogP contribution >= 0.6 is 11.6 Å². The highest BCUT2D eigenvalue weighted by atomic mass is 35.5. The van der Waals surface area contributed by atoms with Crippen LogP contribution in [-0.4, -0.2) is 24.0 Å². The summed E-state index contributed by atoms with van der Waals surface area (Å²) in [5.41, 5.74) is 4.16. The molecule has 2 aromatic carbocycles. The first-order valence-corrected chi connectivity index (χ1v) is 10.2. The summed E-state index contributed by atoms with van der Waals surface area (Å²) in [6.07, 6.45) is 4.78. The van der Waals surface area contributed by atoms with Crippen LogP contribution in [0.15, 0.2) is 54.7 Å². The summed E-state index contributed by atoms with van der Waals surface area (Å²) in [5, 5.41) is 8.44. The Hall–Kier alpha value is -3.58. The topological polar surface area (TPSA) is 92.4 Å². The summed E-state index contributed by atoms with van der Waals surface area (Å²) in [5.74, 6) is 0.497. The normalized spacial score (nSPS) is 12.1. The minimum atomic E-state index is -0.355. The number of benzene rings is 2. The number of rotatable bonds is 5. The molecule has 0 fully saturated rings. The molecule has 0 spiro atoms. The molecule has 1 aromatic heterocycles. The van der Waals surface area contributed by atoms with Gasteiger partial charge in [-0.05, 0) is 66.8 Å². The Morgan fingerprint density at radius 3 is 2.48 bits per heavy atom. The first kappa shape index (κ1) is 20.7. The highest BCUT2D eigenvalue weighted by Gasteiger charge is 2.13. The Morgan fingerprint density at radius 1 is 0.968 bits per heavy atom. The van der Waals surface area contributed by atoms with Crippen molar-refractivity contribution >= 4 is 34.9 Å². The molecule has 7 nitrogen and oxygen atoms in total. The van der Waals surface area contributed by atoms with E-state index in [-0.39, 0.29) is 17.6 Å². The first-order chi connectivity index (χ1) is 15.0. The predicted molar refractivity (Wildman–Crippen MR) is 120 cm³/mol. The molecule has 3 N–H and O–H groups in total. The van der Waals surface area contributed by atoms with Gasteiger partial charge < -0.3 is 20.7 Å². The Bertz CT molecular complexity index is 1150. The summed E-state index contributed by atoms with van der Waals surface area (Å²) in [4.78, 5) is 28.1. The second-order valence-electron chi connectivity index (χ2n) is 7.12. The van der Waals surface area contributed by atoms with Gasteiger partial charge in [-0.2, -0.15) is 0 Å². The number of fused-ring (bicyclic) bond motifs is 1. The number of pyridine rings is 1. The molecule has 0 unspecified atom stereocenters. The number of nitrogens with one attached hydrogen (secondary N) is 3. The highest BCUT2D eigenvalue weighted by Crippen LogP contribution is 2.32. The Morgan fingerprint density at radius 2 is 1.71 bits per heavy atom. The van der Waals surface area contributed by atoms with Gasteiger partial charge in [-0.1, -0.05) is 17.7 Å². The van der Waals surface area contributed by atoms with Gasteiger partial charge in [-0.25, -0.2) is 4.79 Å². The fourth-order valence-corrected chi connectivity index (χ4v) is 3.68. The average molecular weight is 437 g/mol. The molecule has 4 rings (SSSR count). The van der Waals surface area contributed by atoms with Crippen molar-refractivity contribution < 1.29 is 14.3 Å². The Labute approximate surface area is 184 Å². The molecule has 158 valence electrons. The minimum absolute atomic E-state index is 0.234. The molecule has 31 heavy (non-hydrogen) atoms. The molecule has 8 heteroatoms. The van der Waals surface area contributed by atoms with Gasteiger partial charge in [0.1, 0.15) is 17.2 Å². The predicted octanol–water partition coefficient (Wildman–Crippen LogP) is 5.02. The molecule has 1 heterocycles. The van der Waals surface area contributed by atoms with E-state index in [9.17, 15) is 9.59 Å². The van der Waals surface area contributed by atoms with Gasteiger partial charge in [-0.15, -0.1) is 0 Å². The van der Waals surface area contributed by atoms with Crippen LogP contribution in [0.3, 0.4) is 0 Å². The van der Waals surface area contributed by atoms with Crippen LogP contribution in [0.1, 0.15) is 28.0 Å². The molecule has 0 saturated heterocycles. The van der Waals surface area contributed by atoms with E-state index >= 15 is 0 Å². The maximum absolute atomic E-state index is 12.4. The van der Waals surface area contributed by atoms with Crippen molar-refractivity contribution in [1.82, 2.24) is 10.3 Å². The molecular formula is C23H21ClN4O3. The van der Waals surface area contributed by atoms with Crippen molar-refractivity contribution in [2.75, 3.05) is 17.7 Å². The molecule has 0 aliphatic heterocycles. The minimum Gasteiger partial charge on any atom is -0.456 e. The number of carbonyl (C=O) groups is 2. The van der Waals surface area contributed by atoms with Crippen LogP contribution < -0.4 is 20.7 Å². The van der Waals surface area contributed by atoms with E-state index in [1.54, 1.807) is 24.3 Å². The fraction of sp³-hybridized carbons (Fsp3) is 0.174. The van der Waals surface area contributed by atoms with E-state index in [4.69, 9.17) is 16.3 Å². The SMILES string of the molecule is CNC(=O)c1cc(Oc2ccc(NC(=O)Nc3ccc4c(c3)CCC4)cc2Cl)ccn1. The lowest BCUT2D eigenvalue weighted by molar-refractivity contribution is 0.0958. The summed E-state index contributed by atoms with van der Waals surface area (Å²) >= 11 is 6.32. The van der Waals surface area contributed by atoms with Crippen LogP contribution in [0.5, 0.6) is 11.5 Å². The van der Waals surface area contributed by atoms with E-state index in [0.717, 1.165) is 24.9 Å². The fourth-order valence-electron chi connectivity index (χ4n) is 3.46. The second-order valence-corrected chi connectivity index (χ2v) is 7.53. The molecule has 3 amide bonds. The molecular weight excluding hydrogens is 416 g/mol. The number of anilines is 2. The zero-order valence-corrected chi connectivity index (χ0v) is 17.6. The number of hydrogen-bond acceptors (Lipinski definition) is 4. The Kier molecular flexibility index (Phi) is 6.04. The highest BCUT2D eigenvalue weighted by molar-refractivity contribution is 6.32. The maximum atomic E-state index is 12.4. The molecule has 1 aliphatic rings. The van der Waals surface area contributed by atoms with Gasteiger partial charge >= 0.3 is 6.03 Å². The van der Waals surface area contributed by atoms with Crippen molar-refractivity contribution in [3.63, 3.8) is 0 Å². The van der Waals surface area contributed by atoms with Crippen molar-refractivity contribution in [2.24, 2.45) is 0 Å². The van der Waals surface area contributed by atoms with Gasteiger partial charge in [-0.3, -0.25) is 9.78 Å². The first-order valence-electron chi connectivity index (χ1n) is 9.87. The Balaban J connectivity index is 1.40. The van der Waals surface area contributed by atoms with Gasteiger partial charge in [0.05, 0.1) is 5.02 Å². The number of hydrogen-bond donors (Lipinski definition) is 3. The zero-order chi connectivity index (χ0) is 21.8. The van der Waals surface area contributed by atoms with E-state index in [2.05, 4.69) is 27.0 Å². The summed E-state index contributed by atoms with van der Waals surface area (Å²) in [6.45, 7) is 0. The lowest BCUT2D eigenvalue weighted by Crippen LogP contribution is -2.19. The number of ether oxygens (including phenoxy) is 1. The van der Waals surface area contributed by atoms with Crippen LogP contribution in [0.4, 0.5) is 16.2 Å². The van der Waals surface area contributed by atoms with E-state index in [1.807, 2.05) is 12.1 Å². The van der Waals surface area contributed by atoms with Gasteiger partial charge in [0.2, 0.25) is 0 Å². The molecule has 0 saturated carbocycles. The number of aromatic nitrogens is 1. The van der Waals surface area contributed by atoms with Gasteiger partial charge in [0.25, 0.3) is 5.91 Å². The van der Waals surface area contributed by atoms with E-state index in [1.165, 1.54) is 30.4 Å². The standard InChI is InChI=1S/C23H21ClN4O3/c1-25-22(29)20-13-18(9-10-26-20)31-21-8-7-17(12-19(21)24)28-23(30)27-16-6-5-14-3-2-4-15(14)11-16/h5-13H,2-4H2,1H3,(H,25,29)(H2,27,28,30). The molecule has 0 radical (unpaired) electrons. The number of halogens is 1. The zero-order valence-electron chi connectivity index (χ0n) is 16.9. The second kappa shape index (κ2) is 9.06. The van der Waals surface area contributed by atoms with Crippen LogP contribution in [0.2, 0.25) is 5.02 Å². The van der Waals surface area contributed by atoms with Crippen LogP contribution in [0, 0.1) is 0 Å². The summed E-state index contributed by atoms with van der Waals surface area (Å²) in [7, 11) is 1.53. The monoisotopic (exact) mass is 436 g/mol. The lowest BCUT2D eigenvalue weighted by Gasteiger charge is -2.12. The van der Waals surface area contributed by atoms with Crippen molar-refractivity contribution in [3.05, 3.63) is 76.6 Å². The molecule has 1 aliphatic carbocycles. The smallest absolute Gasteiger partial charge is 0.323 e. The molecule has 0 bridgehead atoms. The third kappa shape index (κ3) is 4.95. The third-order valence-corrected chi connectivity index (χ3v) is 5.26. The van der Waals surface area contributed by atoms with Crippen LogP contribution in [0.25, 0.3) is 0 Å². The van der Waals surface area contributed by atoms with Crippen molar-refractivity contribution in [1.29, 1.82) is 0 Å². The third-order valence-electron chi connectivity index (χ3n) is 4.97.